The fourth-order valence-electron chi connectivity index (χ4n) is 1.06. The van der Waals surface area contributed by atoms with Crippen molar-refractivity contribution >= 4 is 0 Å². The van der Waals surface area contributed by atoms with Crippen LogP contribution in [0.2, 0.25) is 0 Å². The van der Waals surface area contributed by atoms with Crippen LogP contribution in [-0.4, -0.2) is 27.2 Å². The number of aromatic nitrogens is 3. The Balaban J connectivity index is 2.31. The molecule has 80 valence electrons. The zero-order valence-electron chi connectivity index (χ0n) is 9.45. The summed E-state index contributed by atoms with van der Waals surface area (Å²) in [6.45, 7) is 9.66. The van der Waals surface area contributed by atoms with Gasteiger partial charge in [-0.05, 0) is 27.2 Å². The largest absolute Gasteiger partial charge is 0.374 e. The van der Waals surface area contributed by atoms with Gasteiger partial charge in [0.1, 0.15) is 0 Å². The molecule has 0 spiro atoms. The maximum atomic E-state index is 5.59. The third kappa shape index (κ3) is 3.87. The molecule has 0 amide bonds. The van der Waals surface area contributed by atoms with E-state index in [1.54, 1.807) is 0 Å². The van der Waals surface area contributed by atoms with Crippen LogP contribution in [0.15, 0.2) is 6.20 Å². The minimum absolute atomic E-state index is 0.0752. The molecule has 1 heterocycles. The average Bonchev–Trinajstić information content (AvgIpc) is 2.50. The number of aryl methyl sites for hydroxylation is 1. The van der Waals surface area contributed by atoms with Crippen LogP contribution in [0.5, 0.6) is 0 Å². The number of rotatable bonds is 4. The molecule has 1 rings (SSSR count). The molecule has 1 aromatic heterocycles. The van der Waals surface area contributed by atoms with Crippen molar-refractivity contribution in [2.24, 2.45) is 0 Å². The maximum absolute atomic E-state index is 5.59. The van der Waals surface area contributed by atoms with Gasteiger partial charge in [0, 0.05) is 6.20 Å². The lowest BCUT2D eigenvalue weighted by Gasteiger charge is -2.19. The van der Waals surface area contributed by atoms with Crippen LogP contribution in [0.1, 0.15) is 33.4 Å². The SMILES string of the molecule is CCc1cn(CCOC(C)(C)C)nn1. The molecule has 0 saturated heterocycles. The molecule has 0 aliphatic heterocycles. The summed E-state index contributed by atoms with van der Waals surface area (Å²) in [4.78, 5) is 0. The van der Waals surface area contributed by atoms with Gasteiger partial charge in [0.15, 0.2) is 0 Å². The zero-order valence-corrected chi connectivity index (χ0v) is 9.45. The van der Waals surface area contributed by atoms with Gasteiger partial charge in [-0.1, -0.05) is 12.1 Å². The molecule has 0 aliphatic carbocycles. The van der Waals surface area contributed by atoms with Gasteiger partial charge >= 0.3 is 0 Å². The van der Waals surface area contributed by atoms with Crippen molar-refractivity contribution in [3.63, 3.8) is 0 Å². The van der Waals surface area contributed by atoms with E-state index >= 15 is 0 Å². The molecule has 1 aromatic rings. The average molecular weight is 197 g/mol. The predicted molar refractivity (Wildman–Crippen MR) is 55.1 cm³/mol. The number of nitrogens with zero attached hydrogens (tertiary/aromatic N) is 3. The van der Waals surface area contributed by atoms with Gasteiger partial charge in [-0.25, -0.2) is 4.68 Å². The van der Waals surface area contributed by atoms with E-state index in [-0.39, 0.29) is 5.60 Å². The summed E-state index contributed by atoms with van der Waals surface area (Å²) in [6.07, 6.45) is 2.89. The third-order valence-electron chi connectivity index (χ3n) is 1.80. The Kier molecular flexibility index (Phi) is 3.63. The van der Waals surface area contributed by atoms with Crippen molar-refractivity contribution in [1.82, 2.24) is 15.0 Å². The molecule has 0 aliphatic rings. The molecular weight excluding hydrogens is 178 g/mol. The first-order valence-electron chi connectivity index (χ1n) is 5.04. The molecule has 0 N–H and O–H groups in total. The van der Waals surface area contributed by atoms with E-state index in [2.05, 4.69) is 17.2 Å². The summed E-state index contributed by atoms with van der Waals surface area (Å²) in [5.74, 6) is 0. The van der Waals surface area contributed by atoms with Crippen LogP contribution in [0.4, 0.5) is 0 Å². The van der Waals surface area contributed by atoms with E-state index in [4.69, 9.17) is 4.74 Å². The van der Waals surface area contributed by atoms with E-state index in [1.807, 2.05) is 31.6 Å². The lowest BCUT2D eigenvalue weighted by atomic mass is 10.2. The maximum Gasteiger partial charge on any atom is 0.0824 e. The minimum atomic E-state index is -0.0752. The first kappa shape index (κ1) is 11.2. The molecule has 0 aromatic carbocycles. The second-order valence-corrected chi connectivity index (χ2v) is 4.29. The van der Waals surface area contributed by atoms with Gasteiger partial charge in [0.25, 0.3) is 0 Å². The summed E-state index contributed by atoms with van der Waals surface area (Å²) in [6, 6.07) is 0. The Morgan fingerprint density at radius 1 is 1.43 bits per heavy atom. The van der Waals surface area contributed by atoms with Crippen molar-refractivity contribution in [2.75, 3.05) is 6.61 Å². The fraction of sp³-hybridized carbons (Fsp3) is 0.800. The summed E-state index contributed by atoms with van der Waals surface area (Å²) in [5, 5.41) is 8.00. The first-order chi connectivity index (χ1) is 6.51. The summed E-state index contributed by atoms with van der Waals surface area (Å²) < 4.78 is 7.41. The normalized spacial score (nSPS) is 12.0. The number of ether oxygens (including phenoxy) is 1. The smallest absolute Gasteiger partial charge is 0.0824 e. The molecule has 0 atom stereocenters. The second kappa shape index (κ2) is 4.55. The molecule has 0 fully saturated rings. The van der Waals surface area contributed by atoms with Crippen molar-refractivity contribution in [1.29, 1.82) is 0 Å². The molecule has 14 heavy (non-hydrogen) atoms. The molecule has 0 unspecified atom stereocenters. The predicted octanol–water partition coefficient (Wildman–Crippen LogP) is 1.66. The van der Waals surface area contributed by atoms with Crippen LogP contribution in [0.25, 0.3) is 0 Å². The molecule has 4 heteroatoms. The summed E-state index contributed by atoms with van der Waals surface area (Å²) >= 11 is 0. The van der Waals surface area contributed by atoms with E-state index in [0.29, 0.717) is 6.61 Å². The van der Waals surface area contributed by atoms with Crippen LogP contribution in [0, 0.1) is 0 Å². The Hall–Kier alpha value is -0.900. The van der Waals surface area contributed by atoms with Crippen molar-refractivity contribution in [3.8, 4) is 0 Å². The van der Waals surface area contributed by atoms with Crippen molar-refractivity contribution in [2.45, 2.75) is 46.3 Å². The van der Waals surface area contributed by atoms with Gasteiger partial charge in [-0.15, -0.1) is 5.10 Å². The minimum Gasteiger partial charge on any atom is -0.374 e. The highest BCUT2D eigenvalue weighted by Crippen LogP contribution is 2.06. The molecule has 4 nitrogen and oxygen atoms in total. The number of hydrogen-bond acceptors (Lipinski definition) is 3. The Morgan fingerprint density at radius 3 is 2.64 bits per heavy atom. The molecule has 0 bridgehead atoms. The zero-order chi connectivity index (χ0) is 10.6. The summed E-state index contributed by atoms with van der Waals surface area (Å²) in [7, 11) is 0. The standard InChI is InChI=1S/C10H19N3O/c1-5-9-8-13(12-11-9)6-7-14-10(2,3)4/h8H,5-7H2,1-4H3. The van der Waals surface area contributed by atoms with E-state index in [9.17, 15) is 0 Å². The second-order valence-electron chi connectivity index (χ2n) is 4.29. The molecule has 0 radical (unpaired) electrons. The Bertz CT molecular complexity index is 275. The quantitative estimate of drug-likeness (QED) is 0.737. The Morgan fingerprint density at radius 2 is 2.14 bits per heavy atom. The van der Waals surface area contributed by atoms with Crippen molar-refractivity contribution < 1.29 is 4.74 Å². The monoisotopic (exact) mass is 197 g/mol. The van der Waals surface area contributed by atoms with E-state index in [1.165, 1.54) is 0 Å². The van der Waals surface area contributed by atoms with Crippen LogP contribution < -0.4 is 0 Å². The third-order valence-corrected chi connectivity index (χ3v) is 1.80. The van der Waals surface area contributed by atoms with Gasteiger partial charge in [0.2, 0.25) is 0 Å². The van der Waals surface area contributed by atoms with E-state index in [0.717, 1.165) is 18.7 Å². The van der Waals surface area contributed by atoms with Crippen molar-refractivity contribution in [3.05, 3.63) is 11.9 Å². The van der Waals surface area contributed by atoms with Gasteiger partial charge in [0.05, 0.1) is 24.4 Å². The van der Waals surface area contributed by atoms with Gasteiger partial charge < -0.3 is 4.74 Å². The highest BCUT2D eigenvalue weighted by atomic mass is 16.5. The topological polar surface area (TPSA) is 39.9 Å². The first-order valence-corrected chi connectivity index (χ1v) is 5.04. The lowest BCUT2D eigenvalue weighted by Crippen LogP contribution is -2.22. The number of hydrogen-bond donors (Lipinski definition) is 0. The lowest BCUT2D eigenvalue weighted by molar-refractivity contribution is -0.00805. The summed E-state index contributed by atoms with van der Waals surface area (Å²) in [5.41, 5.74) is 0.953. The molecular formula is C10H19N3O. The van der Waals surface area contributed by atoms with E-state index < -0.39 is 0 Å². The highest BCUT2D eigenvalue weighted by molar-refractivity contribution is 4.90. The van der Waals surface area contributed by atoms with Gasteiger partial charge in [-0.3, -0.25) is 0 Å². The molecule has 0 saturated carbocycles. The highest BCUT2D eigenvalue weighted by Gasteiger charge is 2.09. The van der Waals surface area contributed by atoms with Crippen LogP contribution >= 0.6 is 0 Å². The van der Waals surface area contributed by atoms with Gasteiger partial charge in [-0.2, -0.15) is 0 Å². The van der Waals surface area contributed by atoms with Crippen LogP contribution in [0.3, 0.4) is 0 Å². The fourth-order valence-corrected chi connectivity index (χ4v) is 1.06. The van der Waals surface area contributed by atoms with Crippen LogP contribution in [-0.2, 0) is 17.7 Å². The Labute approximate surface area is 85.3 Å².